The standard InChI is InChI=1S/C19H16N4S/c1-11-6-8-13(9-7-11)18-20-21-19-23(18)22-17-14-5-3-4-12(2)15(14)10-16(17)24-19/h3-9,16H,10H2,1-2H3. The fourth-order valence-electron chi connectivity index (χ4n) is 3.43. The SMILES string of the molecule is Cc1ccc(-c2nnc3n2N=C2c4cccc(C)c4CC2S3)cc1. The van der Waals surface area contributed by atoms with Crippen LogP contribution in [0.25, 0.3) is 11.4 Å². The summed E-state index contributed by atoms with van der Waals surface area (Å²) < 4.78 is 1.90. The molecular weight excluding hydrogens is 316 g/mol. The molecule has 0 saturated heterocycles. The van der Waals surface area contributed by atoms with Crippen LogP contribution in [0.5, 0.6) is 0 Å². The molecule has 24 heavy (non-hydrogen) atoms. The highest BCUT2D eigenvalue weighted by Crippen LogP contribution is 2.40. The van der Waals surface area contributed by atoms with Crippen LogP contribution in [-0.4, -0.2) is 25.8 Å². The van der Waals surface area contributed by atoms with Crippen LogP contribution in [0.15, 0.2) is 52.7 Å². The molecule has 0 bridgehead atoms. The van der Waals surface area contributed by atoms with Crippen molar-refractivity contribution in [1.82, 2.24) is 14.9 Å². The van der Waals surface area contributed by atoms with E-state index in [1.54, 1.807) is 11.8 Å². The zero-order valence-electron chi connectivity index (χ0n) is 13.5. The number of benzene rings is 2. The highest BCUT2D eigenvalue weighted by atomic mass is 32.2. The molecular formula is C19H16N4S. The van der Waals surface area contributed by atoms with E-state index < -0.39 is 0 Å². The van der Waals surface area contributed by atoms with Crippen LogP contribution in [0.2, 0.25) is 0 Å². The number of hydrogen-bond acceptors (Lipinski definition) is 4. The first-order valence-corrected chi connectivity index (χ1v) is 8.95. The summed E-state index contributed by atoms with van der Waals surface area (Å²) in [4.78, 5) is 0. The van der Waals surface area contributed by atoms with Crippen LogP contribution < -0.4 is 0 Å². The van der Waals surface area contributed by atoms with Gasteiger partial charge in [-0.05, 0) is 31.4 Å². The van der Waals surface area contributed by atoms with Crippen molar-refractivity contribution in [2.75, 3.05) is 0 Å². The lowest BCUT2D eigenvalue weighted by atomic mass is 10.0. The number of aromatic nitrogens is 3. The van der Waals surface area contributed by atoms with E-state index in [2.05, 4.69) is 66.5 Å². The third kappa shape index (κ3) is 1.97. The number of hydrogen-bond donors (Lipinski definition) is 0. The average Bonchev–Trinajstić information content (AvgIpc) is 3.16. The minimum atomic E-state index is 0.351. The van der Waals surface area contributed by atoms with Gasteiger partial charge in [0.05, 0.1) is 11.0 Å². The number of nitrogens with zero attached hydrogens (tertiary/aromatic N) is 4. The molecule has 3 aromatic rings. The van der Waals surface area contributed by atoms with Gasteiger partial charge in [0.2, 0.25) is 5.16 Å². The second-order valence-corrected chi connectivity index (χ2v) is 7.55. The Morgan fingerprint density at radius 3 is 2.71 bits per heavy atom. The molecule has 1 aliphatic carbocycles. The molecule has 1 aliphatic heterocycles. The first-order chi connectivity index (χ1) is 11.7. The molecule has 2 aliphatic rings. The van der Waals surface area contributed by atoms with E-state index >= 15 is 0 Å². The summed E-state index contributed by atoms with van der Waals surface area (Å²) in [7, 11) is 0. The molecule has 1 atom stereocenters. The van der Waals surface area contributed by atoms with Gasteiger partial charge in [-0.15, -0.1) is 10.2 Å². The van der Waals surface area contributed by atoms with Gasteiger partial charge in [0.15, 0.2) is 5.82 Å². The number of rotatable bonds is 1. The van der Waals surface area contributed by atoms with Crippen LogP contribution in [-0.2, 0) is 6.42 Å². The van der Waals surface area contributed by atoms with Gasteiger partial charge in [-0.2, -0.15) is 9.78 Å². The second kappa shape index (κ2) is 5.05. The largest absolute Gasteiger partial charge is 0.213 e. The molecule has 118 valence electrons. The van der Waals surface area contributed by atoms with E-state index in [4.69, 9.17) is 5.10 Å². The second-order valence-electron chi connectivity index (χ2n) is 6.38. The van der Waals surface area contributed by atoms with Gasteiger partial charge >= 0.3 is 0 Å². The van der Waals surface area contributed by atoms with Crippen molar-refractivity contribution in [1.29, 1.82) is 0 Å². The quantitative estimate of drug-likeness (QED) is 0.680. The number of aryl methyl sites for hydroxylation is 2. The van der Waals surface area contributed by atoms with Gasteiger partial charge in [-0.1, -0.05) is 59.8 Å². The number of fused-ring (bicyclic) bond motifs is 4. The minimum absolute atomic E-state index is 0.351. The lowest BCUT2D eigenvalue weighted by molar-refractivity contribution is 0.753. The van der Waals surface area contributed by atoms with E-state index in [1.165, 1.54) is 22.3 Å². The summed E-state index contributed by atoms with van der Waals surface area (Å²) in [5.74, 6) is 0.810. The third-order valence-electron chi connectivity index (χ3n) is 4.76. The molecule has 1 unspecified atom stereocenters. The Hall–Kier alpha value is -2.40. The maximum absolute atomic E-state index is 4.94. The summed E-state index contributed by atoms with van der Waals surface area (Å²) in [5, 5.41) is 14.9. The average molecular weight is 332 g/mol. The maximum Gasteiger partial charge on any atom is 0.213 e. The van der Waals surface area contributed by atoms with Gasteiger partial charge in [0, 0.05) is 11.1 Å². The van der Waals surface area contributed by atoms with Crippen LogP contribution in [0.1, 0.15) is 22.3 Å². The summed E-state index contributed by atoms with van der Waals surface area (Å²) in [6.45, 7) is 4.26. The van der Waals surface area contributed by atoms with E-state index in [9.17, 15) is 0 Å². The fourth-order valence-corrected chi connectivity index (χ4v) is 4.54. The summed E-state index contributed by atoms with van der Waals surface area (Å²) in [6.07, 6.45) is 1.03. The van der Waals surface area contributed by atoms with Gasteiger partial charge in [-0.25, -0.2) is 0 Å². The molecule has 0 saturated carbocycles. The monoisotopic (exact) mass is 332 g/mol. The Morgan fingerprint density at radius 1 is 1.04 bits per heavy atom. The Kier molecular flexibility index (Phi) is 2.94. The Bertz CT molecular complexity index is 985. The summed E-state index contributed by atoms with van der Waals surface area (Å²) in [6, 6.07) is 14.8. The fraction of sp³-hybridized carbons (Fsp3) is 0.211. The maximum atomic E-state index is 4.94. The molecule has 0 spiro atoms. The van der Waals surface area contributed by atoms with Crippen molar-refractivity contribution >= 4 is 17.5 Å². The van der Waals surface area contributed by atoms with Gasteiger partial charge in [0.25, 0.3) is 0 Å². The van der Waals surface area contributed by atoms with Gasteiger partial charge in [-0.3, -0.25) is 0 Å². The van der Waals surface area contributed by atoms with Crippen molar-refractivity contribution in [3.05, 3.63) is 64.7 Å². The zero-order valence-corrected chi connectivity index (χ0v) is 14.3. The molecule has 2 heterocycles. The van der Waals surface area contributed by atoms with E-state index in [0.717, 1.165) is 28.7 Å². The lowest BCUT2D eigenvalue weighted by Crippen LogP contribution is -2.20. The first-order valence-electron chi connectivity index (χ1n) is 8.07. The zero-order chi connectivity index (χ0) is 16.3. The summed E-state index contributed by atoms with van der Waals surface area (Å²) in [5.41, 5.74) is 7.48. The normalized spacial score (nSPS) is 17.9. The minimum Gasteiger partial charge on any atom is -0.186 e. The smallest absolute Gasteiger partial charge is 0.186 e. The highest BCUT2D eigenvalue weighted by Gasteiger charge is 2.35. The molecule has 1 aromatic heterocycles. The van der Waals surface area contributed by atoms with Crippen LogP contribution in [0.3, 0.4) is 0 Å². The molecule has 0 radical (unpaired) electrons. The van der Waals surface area contributed by atoms with Crippen LogP contribution in [0.4, 0.5) is 0 Å². The van der Waals surface area contributed by atoms with E-state index in [1.807, 2.05) is 4.68 Å². The number of thioether (sulfide) groups is 1. The molecule has 2 aromatic carbocycles. The Balaban J connectivity index is 1.66. The molecule has 0 fully saturated rings. The molecule has 0 N–H and O–H groups in total. The van der Waals surface area contributed by atoms with Gasteiger partial charge < -0.3 is 0 Å². The predicted octanol–water partition coefficient (Wildman–Crippen LogP) is 3.84. The molecule has 5 rings (SSSR count). The predicted molar refractivity (Wildman–Crippen MR) is 96.7 cm³/mol. The first kappa shape index (κ1) is 14.0. The topological polar surface area (TPSA) is 43.1 Å². The molecule has 4 nitrogen and oxygen atoms in total. The van der Waals surface area contributed by atoms with Crippen molar-refractivity contribution in [2.24, 2.45) is 5.10 Å². The van der Waals surface area contributed by atoms with Crippen molar-refractivity contribution in [3.63, 3.8) is 0 Å². The summed E-state index contributed by atoms with van der Waals surface area (Å²) >= 11 is 1.77. The van der Waals surface area contributed by atoms with Crippen LogP contribution >= 0.6 is 11.8 Å². The Labute approximate surface area is 144 Å². The molecule has 5 heteroatoms. The van der Waals surface area contributed by atoms with Gasteiger partial charge in [0.1, 0.15) is 0 Å². The van der Waals surface area contributed by atoms with Crippen molar-refractivity contribution in [3.8, 4) is 11.4 Å². The lowest BCUT2D eigenvalue weighted by Gasteiger charge is -2.17. The third-order valence-corrected chi connectivity index (χ3v) is 5.90. The van der Waals surface area contributed by atoms with E-state index in [0.29, 0.717) is 5.25 Å². The van der Waals surface area contributed by atoms with Crippen molar-refractivity contribution < 1.29 is 0 Å². The highest BCUT2D eigenvalue weighted by molar-refractivity contribution is 8.00. The van der Waals surface area contributed by atoms with E-state index in [-0.39, 0.29) is 0 Å². The van der Waals surface area contributed by atoms with Crippen LogP contribution in [0, 0.1) is 13.8 Å². The van der Waals surface area contributed by atoms with Crippen molar-refractivity contribution in [2.45, 2.75) is 30.7 Å². The molecule has 0 amide bonds. The Morgan fingerprint density at radius 2 is 1.88 bits per heavy atom.